The molecule has 0 saturated carbocycles. The normalized spacial score (nSPS) is 18.1. The van der Waals surface area contributed by atoms with Gasteiger partial charge in [0.1, 0.15) is 5.75 Å². The summed E-state index contributed by atoms with van der Waals surface area (Å²) in [5.41, 5.74) is 0.778. The molecule has 2 saturated heterocycles. The topological polar surface area (TPSA) is 106 Å². The van der Waals surface area contributed by atoms with Crippen molar-refractivity contribution < 1.29 is 45.4 Å². The zero-order valence-electron chi connectivity index (χ0n) is 44.0. The van der Waals surface area contributed by atoms with E-state index in [0.29, 0.717) is 36.3 Å². The highest BCUT2D eigenvalue weighted by Gasteiger charge is 2.47. The molecule has 0 bridgehead atoms. The Bertz CT molecular complexity index is 2850. The van der Waals surface area contributed by atoms with Crippen LogP contribution in [-0.4, -0.2) is 92.5 Å². The molecule has 0 radical (unpaired) electrons. The van der Waals surface area contributed by atoms with Gasteiger partial charge in [-0.3, -0.25) is 18.8 Å². The highest BCUT2D eigenvalue weighted by Crippen LogP contribution is 2.43. The number of hydrogen-bond donors (Lipinski definition) is 0. The van der Waals surface area contributed by atoms with Crippen molar-refractivity contribution in [3.63, 3.8) is 0 Å². The first-order valence-electron chi connectivity index (χ1n) is 26.0. The zero-order chi connectivity index (χ0) is 54.5. The first-order valence-corrected chi connectivity index (χ1v) is 29.6. The molecule has 0 spiro atoms. The fourth-order valence-electron chi connectivity index (χ4n) is 9.48. The van der Waals surface area contributed by atoms with E-state index in [1.54, 1.807) is 36.4 Å². The Labute approximate surface area is 460 Å². The minimum atomic E-state index is -5.65. The monoisotopic (exact) mass is 1120 g/mol. The zero-order valence-corrected chi connectivity index (χ0v) is 47.2. The number of ether oxygens (including phenoxy) is 3. The highest BCUT2D eigenvalue weighted by molar-refractivity contribution is 7.99. The van der Waals surface area contributed by atoms with E-state index in [-0.39, 0.29) is 22.4 Å². The van der Waals surface area contributed by atoms with Crippen LogP contribution in [0.1, 0.15) is 106 Å². The molecule has 1 amide bonds. The van der Waals surface area contributed by atoms with E-state index in [1.807, 2.05) is 36.0 Å². The van der Waals surface area contributed by atoms with Crippen molar-refractivity contribution in [3.8, 4) is 5.75 Å². The lowest BCUT2D eigenvalue weighted by atomic mass is 9.73. The van der Waals surface area contributed by atoms with Crippen LogP contribution in [0.5, 0.6) is 5.75 Å². The molecule has 408 valence electrons. The quantitative estimate of drug-likeness (QED) is 0.0362. The van der Waals surface area contributed by atoms with E-state index in [4.69, 9.17) is 25.8 Å². The van der Waals surface area contributed by atoms with Crippen molar-refractivity contribution in [2.45, 2.75) is 125 Å². The molecule has 2 fully saturated rings. The second kappa shape index (κ2) is 27.1. The second-order valence-electron chi connectivity index (χ2n) is 20.2. The van der Waals surface area contributed by atoms with Gasteiger partial charge in [-0.15, -0.1) is 11.8 Å². The number of nitrogens with zero attached hydrogens (tertiary/aromatic N) is 3. The van der Waals surface area contributed by atoms with Crippen molar-refractivity contribution in [2.75, 3.05) is 50.0 Å². The van der Waals surface area contributed by atoms with Crippen LogP contribution < -0.4 is 9.64 Å². The number of unbranched alkanes of at least 4 members (excludes halogenated alkanes) is 2. The molecule has 2 aliphatic heterocycles. The van der Waals surface area contributed by atoms with Gasteiger partial charge in [0.25, 0.3) is 15.7 Å². The number of allylic oxidation sites excluding steroid dienone is 1. The molecule has 0 N–H and O–H groups in total. The van der Waals surface area contributed by atoms with Gasteiger partial charge in [-0.2, -0.15) is 13.2 Å². The number of aryl methyl sites for hydroxylation is 1. The third-order valence-corrected chi connectivity index (χ3v) is 17.6. The molecule has 2 heterocycles. The van der Waals surface area contributed by atoms with Crippen molar-refractivity contribution >= 4 is 68.3 Å². The predicted octanol–water partition coefficient (Wildman–Crippen LogP) is 14.5. The second-order valence-corrected chi connectivity index (χ2v) is 24.8. The molecule has 3 aliphatic rings. The predicted molar refractivity (Wildman–Crippen MR) is 300 cm³/mol. The van der Waals surface area contributed by atoms with Crippen LogP contribution in [0.15, 0.2) is 142 Å². The van der Waals surface area contributed by atoms with Crippen LogP contribution >= 0.6 is 35.3 Å². The first-order chi connectivity index (χ1) is 36.3. The smallest absolute Gasteiger partial charge is 0.461 e. The lowest BCUT2D eigenvalue weighted by Crippen LogP contribution is -2.47. The number of halogens is 4. The Morgan fingerprint density at radius 1 is 0.882 bits per heavy atom. The van der Waals surface area contributed by atoms with Crippen LogP contribution in [0.3, 0.4) is 0 Å². The van der Waals surface area contributed by atoms with Crippen LogP contribution in [0.2, 0.25) is 5.02 Å². The summed E-state index contributed by atoms with van der Waals surface area (Å²) < 4.78 is 84.5. The molecule has 2 unspecified atom stereocenters. The summed E-state index contributed by atoms with van der Waals surface area (Å²) in [4.78, 5) is 31.4. The SMILES string of the molecule is CC(=O)OC1CCCOC1Oc1ccc(CN(Sc2ccc(C)c(S(=O)(=O)C(F)(F)F)c2)C(=O)c2ccc(N3CCN(CC4=C(c5ccc(Cl)cc5)CCC(C)(C)C4)CC3)cc2)cc1.CCCCCSc1ccccc1. The van der Waals surface area contributed by atoms with Crippen LogP contribution in [0.4, 0.5) is 18.9 Å². The van der Waals surface area contributed by atoms with E-state index in [2.05, 4.69) is 73.0 Å². The fourth-order valence-corrected chi connectivity index (χ4v) is 12.6. The number of rotatable bonds is 18. The third-order valence-electron chi connectivity index (χ3n) is 13.6. The number of benzene rings is 5. The van der Waals surface area contributed by atoms with Gasteiger partial charge in [-0.05, 0) is 164 Å². The van der Waals surface area contributed by atoms with Gasteiger partial charge in [0.05, 0.1) is 18.0 Å². The number of carbonyl (C=O) groups excluding carboxylic acids is 2. The molecule has 1 aliphatic carbocycles. The third kappa shape index (κ3) is 16.5. The van der Waals surface area contributed by atoms with E-state index in [9.17, 15) is 31.2 Å². The van der Waals surface area contributed by atoms with Crippen molar-refractivity contribution in [1.29, 1.82) is 0 Å². The van der Waals surface area contributed by atoms with Gasteiger partial charge in [0, 0.05) is 65.7 Å². The van der Waals surface area contributed by atoms with Gasteiger partial charge in [0.15, 0.2) is 6.10 Å². The minimum absolute atomic E-state index is 0.00602. The summed E-state index contributed by atoms with van der Waals surface area (Å²) in [7, 11) is -5.65. The Hall–Kier alpha value is -4.97. The van der Waals surface area contributed by atoms with Crippen LogP contribution in [0, 0.1) is 12.3 Å². The Morgan fingerprint density at radius 2 is 1.58 bits per heavy atom. The first kappa shape index (κ1) is 58.7. The number of piperazine rings is 1. The minimum Gasteiger partial charge on any atom is -0.461 e. The lowest BCUT2D eigenvalue weighted by molar-refractivity contribution is -0.195. The number of sulfone groups is 1. The molecule has 76 heavy (non-hydrogen) atoms. The van der Waals surface area contributed by atoms with Gasteiger partial charge in [-0.25, -0.2) is 8.42 Å². The average Bonchev–Trinajstić information content (AvgIpc) is 3.40. The standard InChI is InChI=1S/C48H53ClF3N3O7S2.C11H16S/c1-32-7-20-41(28-44(32)64(58,59)48(50,51)52)63-55(30-34-8-18-40(19-9-34)62-46-43(61-33(2)56)6-5-27-60-46)45(57)36-12-16-39(17-13-36)54-25-23-53(24-26-54)31-37-29-47(3,4)22-21-42(37)35-10-14-38(49)15-11-35;1-2-3-7-10-12-11-8-5-4-6-9-11/h7-20,28,43,46H,5-6,21-27,29-31H2,1-4H3;4-6,8-9H,2-3,7,10H2,1H3. The number of hydrogen-bond acceptors (Lipinski definition) is 11. The van der Waals surface area contributed by atoms with Crippen molar-refractivity contribution in [1.82, 2.24) is 9.21 Å². The molecule has 5 aromatic rings. The highest BCUT2D eigenvalue weighted by atomic mass is 35.5. The summed E-state index contributed by atoms with van der Waals surface area (Å²) in [5.74, 6) is 0.830. The molecule has 0 aromatic heterocycles. The molecule has 5 aromatic carbocycles. The van der Waals surface area contributed by atoms with E-state index in [0.717, 1.165) is 80.7 Å². The molecule has 10 nitrogen and oxygen atoms in total. The molecular weight excluding hydrogens is 1050 g/mol. The van der Waals surface area contributed by atoms with Crippen LogP contribution in [0.25, 0.3) is 5.57 Å². The molecule has 8 rings (SSSR count). The average molecular weight is 1120 g/mol. The maximum absolute atomic E-state index is 14.3. The summed E-state index contributed by atoms with van der Waals surface area (Å²) in [6.45, 7) is 14.2. The summed E-state index contributed by atoms with van der Waals surface area (Å²) >= 11 is 9.02. The number of carbonyl (C=O) groups is 2. The maximum Gasteiger partial charge on any atom is 0.501 e. The number of alkyl halides is 3. The summed E-state index contributed by atoms with van der Waals surface area (Å²) in [6.07, 6.45) is 7.17. The Balaban J connectivity index is 0.000000617. The van der Waals surface area contributed by atoms with Crippen molar-refractivity contribution in [2.24, 2.45) is 5.41 Å². The van der Waals surface area contributed by atoms with E-state index < -0.39 is 44.5 Å². The maximum atomic E-state index is 14.3. The summed E-state index contributed by atoms with van der Waals surface area (Å²) in [6, 6.07) is 36.6. The van der Waals surface area contributed by atoms with Gasteiger partial charge in [-0.1, -0.05) is 99.3 Å². The number of esters is 1. The lowest BCUT2D eigenvalue weighted by Gasteiger charge is -2.39. The number of thioether (sulfide) groups is 1. The van der Waals surface area contributed by atoms with Gasteiger partial charge < -0.3 is 19.1 Å². The fraction of sp³-hybridized carbons (Fsp3) is 0.424. The van der Waals surface area contributed by atoms with E-state index in [1.165, 1.54) is 76.9 Å². The van der Waals surface area contributed by atoms with Gasteiger partial charge >= 0.3 is 11.5 Å². The molecular formula is C59H69ClF3N3O7S3. The molecule has 2 atom stereocenters. The van der Waals surface area contributed by atoms with E-state index >= 15 is 0 Å². The van der Waals surface area contributed by atoms with Crippen LogP contribution in [-0.2, 0) is 30.7 Å². The van der Waals surface area contributed by atoms with Gasteiger partial charge in [0.2, 0.25) is 6.29 Å². The number of amides is 1. The Kier molecular flexibility index (Phi) is 20.9. The largest absolute Gasteiger partial charge is 0.501 e. The number of anilines is 1. The Morgan fingerprint density at radius 3 is 2.24 bits per heavy atom. The van der Waals surface area contributed by atoms with Crippen molar-refractivity contribution in [3.05, 3.63) is 154 Å². The summed E-state index contributed by atoms with van der Waals surface area (Å²) in [5, 5.41) is 0.729. The molecule has 17 heteroatoms.